The van der Waals surface area contributed by atoms with E-state index in [-0.39, 0.29) is 39.2 Å². The summed E-state index contributed by atoms with van der Waals surface area (Å²) in [6, 6.07) is 14.5. The molecule has 0 aliphatic carbocycles. The summed E-state index contributed by atoms with van der Waals surface area (Å²) in [5.41, 5.74) is 7.33. The van der Waals surface area contributed by atoms with Gasteiger partial charge in [0.25, 0.3) is 0 Å². The third-order valence-electron chi connectivity index (χ3n) is 4.72. The number of allylic oxidation sites excluding steroid dienone is 3. The van der Waals surface area contributed by atoms with Crippen molar-refractivity contribution in [3.05, 3.63) is 82.4 Å². The van der Waals surface area contributed by atoms with Gasteiger partial charge in [-0.05, 0) is 39.0 Å². The van der Waals surface area contributed by atoms with Crippen LogP contribution in [0.3, 0.4) is 0 Å². The van der Waals surface area contributed by atoms with Crippen molar-refractivity contribution in [2.45, 2.75) is 31.6 Å². The van der Waals surface area contributed by atoms with Crippen LogP contribution in [0.5, 0.6) is 5.75 Å². The molecule has 2 aromatic carbocycles. The minimum absolute atomic E-state index is 0.00271. The van der Waals surface area contributed by atoms with Gasteiger partial charge in [0, 0.05) is 11.1 Å². The van der Waals surface area contributed by atoms with Gasteiger partial charge in [-0.2, -0.15) is 13.7 Å². The molecule has 0 saturated carbocycles. The second-order valence-corrected chi connectivity index (χ2v) is 8.39. The van der Waals surface area contributed by atoms with E-state index in [0.29, 0.717) is 5.56 Å². The Bertz CT molecular complexity index is 1220. The van der Waals surface area contributed by atoms with Crippen LogP contribution in [0, 0.1) is 18.3 Å². The highest BCUT2D eigenvalue weighted by Gasteiger charge is 2.36. The largest absolute Gasteiger partial charge is 0.445 e. The predicted octanol–water partition coefficient (Wildman–Crippen LogP) is 3.43. The first-order valence-electron chi connectivity index (χ1n) is 9.05. The smallest absolute Gasteiger partial charge is 0.339 e. The summed E-state index contributed by atoms with van der Waals surface area (Å²) in [4.78, 5) is 12.3. The number of rotatable bonds is 5. The molecular formula is C22H20N2O5S. The topological polar surface area (TPSA) is 119 Å². The van der Waals surface area contributed by atoms with Gasteiger partial charge in [-0.3, -0.25) is 4.79 Å². The van der Waals surface area contributed by atoms with E-state index in [9.17, 15) is 18.5 Å². The van der Waals surface area contributed by atoms with Crippen molar-refractivity contribution in [1.82, 2.24) is 0 Å². The molecule has 0 fully saturated rings. The summed E-state index contributed by atoms with van der Waals surface area (Å²) in [5.74, 6) is -1.13. The van der Waals surface area contributed by atoms with E-state index in [0.717, 1.165) is 5.56 Å². The number of nitrogens with two attached hydrogens (primary N) is 1. The van der Waals surface area contributed by atoms with E-state index >= 15 is 0 Å². The lowest BCUT2D eigenvalue weighted by Gasteiger charge is -2.27. The molecule has 0 radical (unpaired) electrons. The maximum Gasteiger partial charge on any atom is 0.339 e. The standard InChI is InChI=1S/C22H20N2O5S/c1-13-8-10-16(11-9-13)30(26,27)29-19-7-5-4-6-17(19)21-18(12-23)22(24)28-15(3)20(21)14(2)25/h4-11,21H,24H2,1-3H3. The molecule has 3 rings (SSSR count). The van der Waals surface area contributed by atoms with Crippen LogP contribution in [-0.4, -0.2) is 14.2 Å². The van der Waals surface area contributed by atoms with Gasteiger partial charge in [0.05, 0.1) is 5.92 Å². The molecule has 2 N–H and O–H groups in total. The van der Waals surface area contributed by atoms with Gasteiger partial charge in [0.2, 0.25) is 5.88 Å². The van der Waals surface area contributed by atoms with Gasteiger partial charge in [0.15, 0.2) is 5.78 Å². The van der Waals surface area contributed by atoms with Crippen LogP contribution in [0.4, 0.5) is 0 Å². The normalized spacial score (nSPS) is 16.7. The van der Waals surface area contributed by atoms with Crippen LogP contribution >= 0.6 is 0 Å². The van der Waals surface area contributed by atoms with Crippen LogP contribution in [0.1, 0.15) is 30.9 Å². The first-order valence-corrected chi connectivity index (χ1v) is 10.5. The molecule has 0 aromatic heterocycles. The molecule has 0 amide bonds. The Labute approximate surface area is 175 Å². The van der Waals surface area contributed by atoms with Gasteiger partial charge < -0.3 is 14.7 Å². The summed E-state index contributed by atoms with van der Waals surface area (Å²) in [5, 5.41) is 9.65. The monoisotopic (exact) mass is 424 g/mol. The van der Waals surface area contributed by atoms with E-state index in [2.05, 4.69) is 0 Å². The van der Waals surface area contributed by atoms with Crippen LogP contribution in [0.25, 0.3) is 0 Å². The van der Waals surface area contributed by atoms with Gasteiger partial charge in [-0.25, -0.2) is 0 Å². The number of carbonyl (C=O) groups excluding carboxylic acids is 1. The highest BCUT2D eigenvalue weighted by molar-refractivity contribution is 7.87. The number of aryl methyl sites for hydroxylation is 1. The first-order chi connectivity index (χ1) is 14.2. The number of hydrogen-bond donors (Lipinski definition) is 1. The van der Waals surface area contributed by atoms with E-state index in [1.165, 1.54) is 25.1 Å². The summed E-state index contributed by atoms with van der Waals surface area (Å²) in [6.07, 6.45) is 0. The summed E-state index contributed by atoms with van der Waals surface area (Å²) in [6.45, 7) is 4.76. The van der Waals surface area contributed by atoms with Crippen molar-refractivity contribution < 1.29 is 22.1 Å². The molecule has 30 heavy (non-hydrogen) atoms. The highest BCUT2D eigenvalue weighted by atomic mass is 32.2. The molecule has 1 aliphatic rings. The summed E-state index contributed by atoms with van der Waals surface area (Å²) < 4.78 is 36.4. The second kappa shape index (κ2) is 8.05. The fourth-order valence-corrected chi connectivity index (χ4v) is 4.27. The van der Waals surface area contributed by atoms with Gasteiger partial charge >= 0.3 is 10.1 Å². The lowest BCUT2D eigenvalue weighted by atomic mass is 9.81. The lowest BCUT2D eigenvalue weighted by Crippen LogP contribution is -2.24. The average molecular weight is 424 g/mol. The van der Waals surface area contributed by atoms with E-state index < -0.39 is 16.0 Å². The van der Waals surface area contributed by atoms with Crippen molar-refractivity contribution in [2.24, 2.45) is 5.73 Å². The van der Waals surface area contributed by atoms with E-state index in [1.54, 1.807) is 37.3 Å². The maximum absolute atomic E-state index is 12.8. The molecule has 154 valence electrons. The minimum atomic E-state index is -4.14. The SMILES string of the molecule is CC(=O)C1=C(C)OC(N)=C(C#N)C1c1ccccc1OS(=O)(=O)c1ccc(C)cc1. The number of para-hydroxylation sites is 1. The van der Waals surface area contributed by atoms with Crippen molar-refractivity contribution in [2.75, 3.05) is 0 Å². The van der Waals surface area contributed by atoms with E-state index in [1.807, 2.05) is 13.0 Å². The molecule has 2 aromatic rings. The molecule has 7 nitrogen and oxygen atoms in total. The number of hydrogen-bond acceptors (Lipinski definition) is 7. The summed E-state index contributed by atoms with van der Waals surface area (Å²) >= 11 is 0. The van der Waals surface area contributed by atoms with Crippen LogP contribution < -0.4 is 9.92 Å². The molecule has 0 spiro atoms. The van der Waals surface area contributed by atoms with Gasteiger partial charge in [0.1, 0.15) is 28.0 Å². The first kappa shape index (κ1) is 21.1. The zero-order valence-electron chi connectivity index (χ0n) is 16.7. The highest BCUT2D eigenvalue weighted by Crippen LogP contribution is 2.43. The molecular weight excluding hydrogens is 404 g/mol. The van der Waals surface area contributed by atoms with Crippen LogP contribution in [0.15, 0.2) is 76.2 Å². The number of Topliss-reactive ketones (excluding diaryl/α,β-unsaturated/α-hetero) is 1. The van der Waals surface area contributed by atoms with E-state index in [4.69, 9.17) is 14.7 Å². The molecule has 0 saturated heterocycles. The number of benzene rings is 2. The fourth-order valence-electron chi connectivity index (χ4n) is 3.31. The Morgan fingerprint density at radius 1 is 1.13 bits per heavy atom. The van der Waals surface area contributed by atoms with Gasteiger partial charge in [-0.15, -0.1) is 0 Å². The molecule has 1 unspecified atom stereocenters. The predicted molar refractivity (Wildman–Crippen MR) is 109 cm³/mol. The van der Waals surface area contributed by atoms with Crippen LogP contribution in [-0.2, 0) is 19.6 Å². The quantitative estimate of drug-likeness (QED) is 0.730. The minimum Gasteiger partial charge on any atom is -0.445 e. The number of ketones is 1. The number of ether oxygens (including phenoxy) is 1. The van der Waals surface area contributed by atoms with Crippen molar-refractivity contribution >= 4 is 15.9 Å². The molecule has 8 heteroatoms. The third-order valence-corrected chi connectivity index (χ3v) is 5.97. The second-order valence-electron chi connectivity index (χ2n) is 6.84. The Hall–Kier alpha value is -3.57. The molecule has 1 aliphatic heterocycles. The van der Waals surface area contributed by atoms with Crippen LogP contribution in [0.2, 0.25) is 0 Å². The lowest BCUT2D eigenvalue weighted by molar-refractivity contribution is -0.114. The average Bonchev–Trinajstić information content (AvgIpc) is 2.67. The van der Waals surface area contributed by atoms with Gasteiger partial charge in [-0.1, -0.05) is 35.9 Å². The zero-order chi connectivity index (χ0) is 22.1. The third kappa shape index (κ3) is 3.93. The van der Waals surface area contributed by atoms with Crippen molar-refractivity contribution in [3.63, 3.8) is 0 Å². The molecule has 1 atom stereocenters. The molecule has 1 heterocycles. The Kier molecular flexibility index (Phi) is 5.67. The van der Waals surface area contributed by atoms with Crippen molar-refractivity contribution in [1.29, 1.82) is 5.26 Å². The summed E-state index contributed by atoms with van der Waals surface area (Å²) in [7, 11) is -4.14. The number of nitriles is 1. The Morgan fingerprint density at radius 3 is 2.37 bits per heavy atom. The van der Waals surface area contributed by atoms with Crippen molar-refractivity contribution in [3.8, 4) is 11.8 Å². The number of carbonyl (C=O) groups is 1. The Balaban J connectivity index is 2.14. The molecule has 0 bridgehead atoms. The zero-order valence-corrected chi connectivity index (χ0v) is 17.5. The fraction of sp³-hybridized carbons (Fsp3) is 0.182. The number of nitrogens with zero attached hydrogens (tertiary/aromatic N) is 1. The maximum atomic E-state index is 12.8. The Morgan fingerprint density at radius 2 is 1.77 bits per heavy atom.